The Morgan fingerprint density at radius 1 is 0.927 bits per heavy atom. The van der Waals surface area contributed by atoms with E-state index >= 15 is 0 Å². The predicted molar refractivity (Wildman–Crippen MR) is 216 cm³/mol. The number of hydrogen-bond acceptors (Lipinski definition) is 9. The van der Waals surface area contributed by atoms with Crippen molar-refractivity contribution in [2.24, 2.45) is 5.92 Å². The molecular formula is C44H48N4O6S. The topological polar surface area (TPSA) is 131 Å². The molecule has 2 N–H and O–H groups in total. The molecule has 0 bridgehead atoms. The number of esters is 1. The van der Waals surface area contributed by atoms with Crippen LogP contribution in [0.2, 0.25) is 0 Å². The minimum Gasteiger partial charge on any atom is -0.490 e. The number of nitrogens with one attached hydrogen (secondary N) is 1. The SMILES string of the molecule is Cc1c(O[C@H]2CC[C@H](CCCC(=O)O)CC2)cccc1-c1ccc(N2CCc3cccc(C(=O)Nc4nc5ccccc5s4)c3C2)nc1C(=O)OC(C)(C)C. The molecule has 2 aliphatic rings. The third kappa shape index (κ3) is 8.99. The van der Waals surface area contributed by atoms with Crippen LogP contribution in [0.3, 0.4) is 0 Å². The summed E-state index contributed by atoms with van der Waals surface area (Å²) in [5.41, 5.74) is 5.39. The molecule has 5 aromatic rings. The fourth-order valence-electron chi connectivity index (χ4n) is 7.70. The molecule has 55 heavy (non-hydrogen) atoms. The summed E-state index contributed by atoms with van der Waals surface area (Å²) in [4.78, 5) is 50.2. The predicted octanol–water partition coefficient (Wildman–Crippen LogP) is 9.63. The summed E-state index contributed by atoms with van der Waals surface area (Å²) in [5.74, 6) is 0.481. The first-order chi connectivity index (χ1) is 26.4. The Balaban J connectivity index is 1.12. The van der Waals surface area contributed by atoms with Crippen molar-refractivity contribution >= 4 is 50.3 Å². The van der Waals surface area contributed by atoms with Crippen LogP contribution >= 0.6 is 11.3 Å². The number of anilines is 2. The van der Waals surface area contributed by atoms with E-state index in [4.69, 9.17) is 19.6 Å². The number of benzene rings is 3. The summed E-state index contributed by atoms with van der Waals surface area (Å²) < 4.78 is 13.5. The summed E-state index contributed by atoms with van der Waals surface area (Å²) in [6, 6.07) is 23.4. The molecule has 0 saturated heterocycles. The summed E-state index contributed by atoms with van der Waals surface area (Å²) in [5, 5.41) is 12.6. The zero-order valence-corrected chi connectivity index (χ0v) is 32.7. The second-order valence-corrected chi connectivity index (χ2v) is 16.6. The van der Waals surface area contributed by atoms with Gasteiger partial charge in [-0.15, -0.1) is 0 Å². The van der Waals surface area contributed by atoms with Crippen molar-refractivity contribution in [3.63, 3.8) is 0 Å². The third-order valence-corrected chi connectivity index (χ3v) is 11.4. The van der Waals surface area contributed by atoms with E-state index in [1.54, 1.807) is 0 Å². The number of carbonyl (C=O) groups excluding carboxylic acids is 2. The van der Waals surface area contributed by atoms with Crippen LogP contribution in [0.4, 0.5) is 10.9 Å². The highest BCUT2D eigenvalue weighted by molar-refractivity contribution is 7.22. The molecule has 2 aromatic heterocycles. The molecule has 1 aliphatic carbocycles. The highest BCUT2D eigenvalue weighted by atomic mass is 32.1. The van der Waals surface area contributed by atoms with Gasteiger partial charge in [0.05, 0.1) is 16.3 Å². The van der Waals surface area contributed by atoms with Crippen LogP contribution in [0.5, 0.6) is 5.75 Å². The van der Waals surface area contributed by atoms with Crippen molar-refractivity contribution in [1.29, 1.82) is 0 Å². The lowest BCUT2D eigenvalue weighted by molar-refractivity contribution is -0.137. The first-order valence-electron chi connectivity index (χ1n) is 19.2. The Hall–Kier alpha value is -5.29. The lowest BCUT2D eigenvalue weighted by atomic mass is 9.84. The summed E-state index contributed by atoms with van der Waals surface area (Å²) in [7, 11) is 0. The van der Waals surface area contributed by atoms with E-state index in [1.165, 1.54) is 11.3 Å². The summed E-state index contributed by atoms with van der Waals surface area (Å²) >= 11 is 1.45. The molecule has 0 atom stereocenters. The van der Waals surface area contributed by atoms with Crippen LogP contribution in [-0.4, -0.2) is 51.2 Å². The van der Waals surface area contributed by atoms with Gasteiger partial charge in [0.15, 0.2) is 10.8 Å². The molecule has 286 valence electrons. The number of aliphatic carboxylic acids is 1. The molecule has 1 fully saturated rings. The second kappa shape index (κ2) is 16.2. The van der Waals surface area contributed by atoms with Gasteiger partial charge < -0.3 is 19.5 Å². The number of rotatable bonds is 11. The van der Waals surface area contributed by atoms with Gasteiger partial charge in [0.1, 0.15) is 17.2 Å². The Kier molecular flexibility index (Phi) is 11.2. The molecule has 0 radical (unpaired) electrons. The van der Waals surface area contributed by atoms with Crippen LogP contribution in [0.1, 0.15) is 103 Å². The van der Waals surface area contributed by atoms with Crippen molar-refractivity contribution in [1.82, 2.24) is 9.97 Å². The maximum absolute atomic E-state index is 13.9. The van der Waals surface area contributed by atoms with E-state index in [0.29, 0.717) is 53.9 Å². The van der Waals surface area contributed by atoms with Crippen LogP contribution in [0, 0.1) is 12.8 Å². The number of nitrogens with zero attached hydrogens (tertiary/aromatic N) is 3. The third-order valence-electron chi connectivity index (χ3n) is 10.5. The number of fused-ring (bicyclic) bond motifs is 2. The van der Waals surface area contributed by atoms with Gasteiger partial charge in [-0.05, 0) is 137 Å². The van der Waals surface area contributed by atoms with Crippen molar-refractivity contribution in [3.8, 4) is 16.9 Å². The van der Waals surface area contributed by atoms with Crippen LogP contribution in [-0.2, 0) is 22.5 Å². The van der Waals surface area contributed by atoms with E-state index in [9.17, 15) is 14.4 Å². The van der Waals surface area contributed by atoms with Crippen molar-refractivity contribution in [2.45, 2.75) is 97.3 Å². The van der Waals surface area contributed by atoms with Gasteiger partial charge in [0, 0.05) is 30.6 Å². The smallest absolute Gasteiger partial charge is 0.358 e. The maximum atomic E-state index is 13.9. The fraction of sp³-hybridized carbons (Fsp3) is 0.386. The van der Waals surface area contributed by atoms with E-state index < -0.39 is 17.5 Å². The number of amides is 1. The Morgan fingerprint density at radius 3 is 2.47 bits per heavy atom. The molecule has 3 heterocycles. The van der Waals surface area contributed by atoms with Crippen LogP contribution in [0.25, 0.3) is 21.3 Å². The van der Waals surface area contributed by atoms with Gasteiger partial charge in [0.2, 0.25) is 0 Å². The largest absolute Gasteiger partial charge is 0.490 e. The standard InChI is InChI=1S/C44H48N4O6S/c1-27-31(12-9-15-36(27)53-30-20-18-28(19-21-30)10-7-17-39(49)50)32-22-23-38(46-40(32)42(52)54-44(2,3)4)48-25-24-29-11-8-13-33(34(29)26-48)41(51)47-43-45-35-14-5-6-16-37(35)55-43/h5-6,8-9,11-16,22-23,28,30H,7,10,17-21,24-26H2,1-4H3,(H,49,50)(H,45,47,51)/t28-,30-. The quantitative estimate of drug-likeness (QED) is 0.126. The highest BCUT2D eigenvalue weighted by Crippen LogP contribution is 2.37. The van der Waals surface area contributed by atoms with Gasteiger partial charge >= 0.3 is 11.9 Å². The molecule has 10 nitrogen and oxygen atoms in total. The number of thiazole rings is 1. The molecular weight excluding hydrogens is 713 g/mol. The van der Waals surface area contributed by atoms with Gasteiger partial charge in [-0.25, -0.2) is 14.8 Å². The molecule has 1 amide bonds. The van der Waals surface area contributed by atoms with Gasteiger partial charge in [0.25, 0.3) is 5.91 Å². The number of ether oxygens (including phenoxy) is 2. The van der Waals surface area contributed by atoms with E-state index in [1.807, 2.05) is 94.4 Å². The van der Waals surface area contributed by atoms with Crippen molar-refractivity contribution in [2.75, 3.05) is 16.8 Å². The van der Waals surface area contributed by atoms with Crippen molar-refractivity contribution in [3.05, 3.63) is 101 Å². The normalized spacial score (nSPS) is 17.1. The number of aromatic nitrogens is 2. The summed E-state index contributed by atoms with van der Waals surface area (Å²) in [6.07, 6.45) is 6.56. The molecule has 1 aliphatic heterocycles. The van der Waals surface area contributed by atoms with E-state index in [0.717, 1.165) is 70.3 Å². The number of para-hydroxylation sites is 1. The molecule has 1 saturated carbocycles. The fourth-order valence-corrected chi connectivity index (χ4v) is 8.56. The average molecular weight is 761 g/mol. The number of pyridine rings is 1. The van der Waals surface area contributed by atoms with E-state index in [-0.39, 0.29) is 24.1 Å². The maximum Gasteiger partial charge on any atom is 0.358 e. The number of carbonyl (C=O) groups is 3. The summed E-state index contributed by atoms with van der Waals surface area (Å²) in [6.45, 7) is 8.66. The Morgan fingerprint density at radius 2 is 1.71 bits per heavy atom. The minimum atomic E-state index is -0.735. The number of carboxylic acids is 1. The van der Waals surface area contributed by atoms with Gasteiger partial charge in [-0.2, -0.15) is 0 Å². The first kappa shape index (κ1) is 38.0. The first-order valence-corrected chi connectivity index (χ1v) is 20.0. The Labute approximate surface area is 325 Å². The lowest BCUT2D eigenvalue weighted by Crippen LogP contribution is -2.33. The molecule has 11 heteroatoms. The highest BCUT2D eigenvalue weighted by Gasteiger charge is 2.29. The molecule has 0 spiro atoms. The minimum absolute atomic E-state index is 0.0747. The monoisotopic (exact) mass is 760 g/mol. The zero-order chi connectivity index (χ0) is 38.7. The molecule has 0 unspecified atom stereocenters. The van der Waals surface area contributed by atoms with Crippen molar-refractivity contribution < 1.29 is 29.0 Å². The van der Waals surface area contributed by atoms with Crippen LogP contribution < -0.4 is 15.0 Å². The van der Waals surface area contributed by atoms with Crippen LogP contribution in [0.15, 0.2) is 72.8 Å². The van der Waals surface area contributed by atoms with E-state index in [2.05, 4.69) is 21.3 Å². The van der Waals surface area contributed by atoms with Gasteiger partial charge in [-0.1, -0.05) is 47.7 Å². The number of carboxylic acid groups (broad SMARTS) is 1. The molecule has 3 aromatic carbocycles. The zero-order valence-electron chi connectivity index (χ0n) is 31.9. The second-order valence-electron chi connectivity index (χ2n) is 15.6. The number of hydrogen-bond donors (Lipinski definition) is 2. The average Bonchev–Trinajstić information content (AvgIpc) is 3.57. The lowest BCUT2D eigenvalue weighted by Gasteiger charge is -2.31. The Bertz CT molecular complexity index is 2180. The molecule has 7 rings (SSSR count). The van der Waals surface area contributed by atoms with Gasteiger partial charge in [-0.3, -0.25) is 14.9 Å².